The Kier molecular flexibility index (Phi) is 10.4. The summed E-state index contributed by atoms with van der Waals surface area (Å²) in [6, 6.07) is 15.0. The number of hydrogen-bond donors (Lipinski definition) is 2. The number of guanidine groups is 1. The monoisotopic (exact) mass is 553 g/mol. The first-order valence-corrected chi connectivity index (χ1v) is 10.7. The molecule has 3 rings (SSSR count). The molecule has 0 saturated carbocycles. The summed E-state index contributed by atoms with van der Waals surface area (Å²) in [6.45, 7) is 3.83. The summed E-state index contributed by atoms with van der Waals surface area (Å²) < 4.78 is 13.1. The molecule has 6 nitrogen and oxygen atoms in total. The molecule has 1 saturated heterocycles. The molecule has 0 aliphatic carbocycles. The molecule has 1 heterocycles. The number of amides is 1. The zero-order valence-corrected chi connectivity index (χ0v) is 21.1. The minimum atomic E-state index is -0.233. The smallest absolute Gasteiger partial charge is 0.221 e. The molecule has 32 heavy (non-hydrogen) atoms. The van der Waals surface area contributed by atoms with Gasteiger partial charge in [0.05, 0.1) is 5.92 Å². The van der Waals surface area contributed by atoms with E-state index >= 15 is 0 Å². The van der Waals surface area contributed by atoms with Gasteiger partial charge in [-0.05, 0) is 48.2 Å². The number of nitrogens with zero attached hydrogens (tertiary/aromatic N) is 3. The van der Waals surface area contributed by atoms with E-state index in [4.69, 9.17) is 5.73 Å². The fourth-order valence-corrected chi connectivity index (χ4v) is 4.03. The van der Waals surface area contributed by atoms with Crippen molar-refractivity contribution in [2.45, 2.75) is 32.5 Å². The van der Waals surface area contributed by atoms with Gasteiger partial charge in [0.1, 0.15) is 5.82 Å². The third-order valence-electron chi connectivity index (χ3n) is 5.66. The third-order valence-corrected chi connectivity index (χ3v) is 5.66. The van der Waals surface area contributed by atoms with Crippen molar-refractivity contribution in [1.29, 1.82) is 0 Å². The second-order valence-corrected chi connectivity index (χ2v) is 8.18. The van der Waals surface area contributed by atoms with Crippen molar-refractivity contribution < 1.29 is 9.18 Å². The molecule has 8 heteroatoms. The van der Waals surface area contributed by atoms with Gasteiger partial charge in [-0.1, -0.05) is 36.4 Å². The first-order valence-electron chi connectivity index (χ1n) is 10.7. The lowest BCUT2D eigenvalue weighted by Crippen LogP contribution is -2.40. The first-order chi connectivity index (χ1) is 14.9. The number of likely N-dealkylation sites (tertiary alicyclic amines) is 1. The average molecular weight is 553 g/mol. The van der Waals surface area contributed by atoms with Crippen molar-refractivity contribution in [3.8, 4) is 0 Å². The number of carbonyl (C=O) groups excluding carboxylic acids is 1. The Balaban J connectivity index is 0.00000363. The Labute approximate surface area is 207 Å². The van der Waals surface area contributed by atoms with E-state index in [0.29, 0.717) is 13.1 Å². The predicted octanol–water partition coefficient (Wildman–Crippen LogP) is 3.35. The molecule has 2 aromatic carbocycles. The number of hydrogen-bond acceptors (Lipinski definition) is 3. The summed E-state index contributed by atoms with van der Waals surface area (Å²) in [5.74, 6) is 0.302. The maximum Gasteiger partial charge on any atom is 0.221 e. The van der Waals surface area contributed by atoms with Crippen LogP contribution in [-0.2, 0) is 24.4 Å². The molecule has 1 atom stereocenters. The summed E-state index contributed by atoms with van der Waals surface area (Å²) in [5.41, 5.74) is 8.91. The number of nitrogens with two attached hydrogens (primary N) is 1. The summed E-state index contributed by atoms with van der Waals surface area (Å²) in [5, 5.41) is 3.40. The van der Waals surface area contributed by atoms with E-state index in [-0.39, 0.29) is 41.6 Å². The van der Waals surface area contributed by atoms with Crippen LogP contribution in [0.5, 0.6) is 0 Å². The number of rotatable bonds is 7. The number of halogens is 2. The molecule has 0 radical (unpaired) electrons. The van der Waals surface area contributed by atoms with Crippen LogP contribution in [0.3, 0.4) is 0 Å². The lowest BCUT2D eigenvalue weighted by Gasteiger charge is -2.31. The summed E-state index contributed by atoms with van der Waals surface area (Å²) in [6.07, 6.45) is 1.89. The van der Waals surface area contributed by atoms with Gasteiger partial charge in [-0.25, -0.2) is 4.39 Å². The fraction of sp³-hybridized carbons (Fsp3) is 0.417. The average Bonchev–Trinajstić information content (AvgIpc) is 2.76. The van der Waals surface area contributed by atoms with E-state index < -0.39 is 0 Å². The quantitative estimate of drug-likeness (QED) is 0.314. The summed E-state index contributed by atoms with van der Waals surface area (Å²) in [7, 11) is 3.71. The number of primary amides is 1. The highest BCUT2D eigenvalue weighted by Gasteiger charge is 2.23. The van der Waals surface area contributed by atoms with Crippen LogP contribution in [0.25, 0.3) is 0 Å². The Morgan fingerprint density at radius 1 is 1.22 bits per heavy atom. The van der Waals surface area contributed by atoms with Gasteiger partial charge in [0.25, 0.3) is 0 Å². The van der Waals surface area contributed by atoms with Gasteiger partial charge in [-0.3, -0.25) is 14.7 Å². The molecular weight excluding hydrogens is 520 g/mol. The van der Waals surface area contributed by atoms with Gasteiger partial charge in [0.15, 0.2) is 5.96 Å². The molecule has 0 spiro atoms. The summed E-state index contributed by atoms with van der Waals surface area (Å²) in [4.78, 5) is 20.2. The maximum absolute atomic E-state index is 13.1. The van der Waals surface area contributed by atoms with Crippen molar-refractivity contribution in [1.82, 2.24) is 15.1 Å². The zero-order chi connectivity index (χ0) is 22.2. The van der Waals surface area contributed by atoms with Gasteiger partial charge in [-0.2, -0.15) is 0 Å². The Morgan fingerprint density at radius 3 is 2.62 bits per heavy atom. The topological polar surface area (TPSA) is 74.0 Å². The Bertz CT molecular complexity index is 906. The molecule has 0 aromatic heterocycles. The standard InChI is InChI=1S/C24H32FN5O.HI/c1-27-24(29(2)15-18-8-10-22(25)11-9-18)28-14-19-5-3-6-20(13-19)16-30-12-4-7-21(17-30)23(26)31;/h3,5-6,8-11,13,21H,4,7,12,14-17H2,1-2H3,(H2,26,31)(H,27,28);1H. The molecular formula is C24H33FIN5O. The lowest BCUT2D eigenvalue weighted by molar-refractivity contribution is -0.123. The van der Waals surface area contributed by atoms with Crippen LogP contribution in [0.4, 0.5) is 4.39 Å². The van der Waals surface area contributed by atoms with E-state index in [1.807, 2.05) is 11.9 Å². The van der Waals surface area contributed by atoms with Crippen molar-refractivity contribution in [2.24, 2.45) is 16.6 Å². The highest BCUT2D eigenvalue weighted by Crippen LogP contribution is 2.19. The highest BCUT2D eigenvalue weighted by atomic mass is 127. The maximum atomic E-state index is 13.1. The van der Waals surface area contributed by atoms with E-state index in [9.17, 15) is 9.18 Å². The first kappa shape index (κ1) is 26.1. The Hall–Kier alpha value is -2.20. The molecule has 0 bridgehead atoms. The van der Waals surface area contributed by atoms with Gasteiger partial charge in [-0.15, -0.1) is 24.0 Å². The van der Waals surface area contributed by atoms with E-state index in [1.165, 1.54) is 17.7 Å². The number of benzene rings is 2. The number of nitrogens with one attached hydrogen (secondary N) is 1. The predicted molar refractivity (Wildman–Crippen MR) is 137 cm³/mol. The van der Waals surface area contributed by atoms with Gasteiger partial charge in [0.2, 0.25) is 5.91 Å². The second-order valence-electron chi connectivity index (χ2n) is 8.18. The highest BCUT2D eigenvalue weighted by molar-refractivity contribution is 14.0. The SMILES string of the molecule is CN=C(NCc1cccc(CN2CCCC(C(N)=O)C2)c1)N(C)Cc1ccc(F)cc1.I. The molecule has 1 aliphatic heterocycles. The molecule has 2 aromatic rings. The minimum Gasteiger partial charge on any atom is -0.369 e. The van der Waals surface area contributed by atoms with E-state index in [1.54, 1.807) is 19.2 Å². The van der Waals surface area contributed by atoms with Crippen LogP contribution in [0.1, 0.15) is 29.5 Å². The van der Waals surface area contributed by atoms with Crippen molar-refractivity contribution in [3.05, 3.63) is 71.0 Å². The largest absolute Gasteiger partial charge is 0.369 e. The molecule has 1 aliphatic rings. The normalized spacial score (nSPS) is 16.8. The van der Waals surface area contributed by atoms with Crippen LogP contribution < -0.4 is 11.1 Å². The van der Waals surface area contributed by atoms with Crippen LogP contribution in [-0.4, -0.2) is 48.9 Å². The van der Waals surface area contributed by atoms with Crippen LogP contribution in [0.2, 0.25) is 0 Å². The minimum absolute atomic E-state index is 0. The zero-order valence-electron chi connectivity index (χ0n) is 18.8. The van der Waals surface area contributed by atoms with Crippen LogP contribution in [0, 0.1) is 11.7 Å². The van der Waals surface area contributed by atoms with Gasteiger partial charge < -0.3 is 16.0 Å². The number of aliphatic imine (C=N–C) groups is 1. The van der Waals surface area contributed by atoms with E-state index in [0.717, 1.165) is 49.6 Å². The van der Waals surface area contributed by atoms with Gasteiger partial charge >= 0.3 is 0 Å². The Morgan fingerprint density at radius 2 is 1.94 bits per heavy atom. The molecule has 1 amide bonds. The number of carbonyl (C=O) groups is 1. The van der Waals surface area contributed by atoms with Crippen molar-refractivity contribution in [3.63, 3.8) is 0 Å². The second kappa shape index (κ2) is 12.7. The van der Waals surface area contributed by atoms with E-state index in [2.05, 4.69) is 39.5 Å². The van der Waals surface area contributed by atoms with Crippen LogP contribution >= 0.6 is 24.0 Å². The molecule has 3 N–H and O–H groups in total. The van der Waals surface area contributed by atoms with Gasteiger partial charge in [0, 0.05) is 40.3 Å². The lowest BCUT2D eigenvalue weighted by atomic mass is 9.97. The number of piperidine rings is 1. The van der Waals surface area contributed by atoms with Crippen LogP contribution in [0.15, 0.2) is 53.5 Å². The fourth-order valence-electron chi connectivity index (χ4n) is 4.03. The summed E-state index contributed by atoms with van der Waals surface area (Å²) >= 11 is 0. The molecule has 1 unspecified atom stereocenters. The van der Waals surface area contributed by atoms with Crippen molar-refractivity contribution >= 4 is 35.8 Å². The third kappa shape index (κ3) is 7.74. The van der Waals surface area contributed by atoms with Crippen molar-refractivity contribution in [2.75, 3.05) is 27.2 Å². The molecule has 174 valence electrons. The molecule has 1 fully saturated rings.